The number of benzene rings is 1. The molecule has 0 bridgehead atoms. The highest BCUT2D eigenvalue weighted by Gasteiger charge is 2.29. The molecule has 3 N–H and O–H groups in total. The van der Waals surface area contributed by atoms with Crippen molar-refractivity contribution in [1.29, 1.82) is 0 Å². The summed E-state index contributed by atoms with van der Waals surface area (Å²) in [7, 11) is 0. The van der Waals surface area contributed by atoms with Crippen molar-refractivity contribution in [1.82, 2.24) is 15.2 Å². The first-order valence-corrected chi connectivity index (χ1v) is 11.4. The van der Waals surface area contributed by atoms with E-state index in [4.69, 9.17) is 4.74 Å². The van der Waals surface area contributed by atoms with Crippen LogP contribution in [0.5, 0.6) is 0 Å². The first kappa shape index (κ1) is 23.0. The van der Waals surface area contributed by atoms with Gasteiger partial charge in [0.25, 0.3) is 0 Å². The lowest BCUT2D eigenvalue weighted by Crippen LogP contribution is -2.53. The zero-order valence-corrected chi connectivity index (χ0v) is 18.6. The number of carboxylic acids is 1. The van der Waals surface area contributed by atoms with Crippen molar-refractivity contribution in [3.8, 4) is 0 Å². The van der Waals surface area contributed by atoms with Crippen molar-refractivity contribution in [3.05, 3.63) is 39.9 Å². The minimum Gasteiger partial charge on any atom is -0.477 e. The van der Waals surface area contributed by atoms with E-state index >= 15 is 4.39 Å². The number of hydrogen-bond donors (Lipinski definition) is 3. The summed E-state index contributed by atoms with van der Waals surface area (Å²) in [5, 5.41) is 15.4. The third-order valence-corrected chi connectivity index (χ3v) is 6.08. The quantitative estimate of drug-likeness (QED) is 0.519. The van der Waals surface area contributed by atoms with Crippen LogP contribution >= 0.6 is 0 Å². The molecule has 4 rings (SSSR count). The van der Waals surface area contributed by atoms with Crippen LogP contribution in [-0.4, -0.2) is 60.6 Å². The number of carboxylic acid groups (broad SMARTS) is 1. The Labute approximate surface area is 190 Å². The number of hydrogen-bond acceptors (Lipinski definition) is 6. The van der Waals surface area contributed by atoms with Gasteiger partial charge in [0.2, 0.25) is 5.43 Å². The molecule has 1 aliphatic carbocycles. The third-order valence-electron chi connectivity index (χ3n) is 6.08. The number of ether oxygens (including phenoxy) is 1. The minimum atomic E-state index is -1.32. The molecule has 9 nitrogen and oxygen atoms in total. The molecule has 2 aromatic rings. The van der Waals surface area contributed by atoms with E-state index < -0.39 is 23.3 Å². The summed E-state index contributed by atoms with van der Waals surface area (Å²) in [6, 6.07) is 2.72. The Morgan fingerprint density at radius 3 is 2.82 bits per heavy atom. The highest BCUT2D eigenvalue weighted by molar-refractivity contribution is 5.93. The first-order valence-electron chi connectivity index (χ1n) is 11.4. The van der Waals surface area contributed by atoms with E-state index in [0.717, 1.165) is 31.7 Å². The Kier molecular flexibility index (Phi) is 6.83. The number of anilines is 1. The van der Waals surface area contributed by atoms with E-state index in [0.29, 0.717) is 37.4 Å². The number of carbonyl (C=O) groups excluding carboxylic acids is 1. The molecule has 2 aliphatic rings. The largest absolute Gasteiger partial charge is 0.477 e. The van der Waals surface area contributed by atoms with E-state index in [2.05, 4.69) is 10.6 Å². The van der Waals surface area contributed by atoms with Crippen LogP contribution < -0.4 is 21.0 Å². The molecule has 0 radical (unpaired) electrons. The number of nitrogens with one attached hydrogen (secondary N) is 2. The number of fused-ring (bicyclic) bond motifs is 1. The van der Waals surface area contributed by atoms with Crippen molar-refractivity contribution in [3.63, 3.8) is 0 Å². The molecule has 33 heavy (non-hydrogen) atoms. The van der Waals surface area contributed by atoms with Gasteiger partial charge < -0.3 is 29.9 Å². The maximum Gasteiger partial charge on any atom is 0.407 e. The average Bonchev–Trinajstić information content (AvgIpc) is 3.63. The second-order valence-electron chi connectivity index (χ2n) is 8.61. The topological polar surface area (TPSA) is 113 Å². The van der Waals surface area contributed by atoms with Gasteiger partial charge in [-0.2, -0.15) is 0 Å². The molecule has 1 amide bonds. The molecule has 1 atom stereocenters. The normalized spacial score (nSPS) is 18.4. The molecule has 10 heteroatoms. The number of aromatic carboxylic acids is 1. The Hall–Kier alpha value is -3.14. The molecule has 178 valence electrons. The molecule has 1 aromatic heterocycles. The molecule has 1 aliphatic heterocycles. The SMILES string of the molecule is CCCCNC(=O)OCC1CN(c2cc3c(cc2F)c(=O)c(C(=O)O)cn3C2CC2)CCN1. The summed E-state index contributed by atoms with van der Waals surface area (Å²) in [5.74, 6) is -1.90. The summed E-state index contributed by atoms with van der Waals surface area (Å²) in [5.41, 5.74) is -0.150. The molecule has 1 saturated heterocycles. The summed E-state index contributed by atoms with van der Waals surface area (Å²) in [4.78, 5) is 37.9. The van der Waals surface area contributed by atoms with Gasteiger partial charge in [0.1, 0.15) is 18.0 Å². The van der Waals surface area contributed by atoms with E-state index in [9.17, 15) is 19.5 Å². The van der Waals surface area contributed by atoms with Crippen molar-refractivity contribution in [2.24, 2.45) is 0 Å². The van der Waals surface area contributed by atoms with Crippen molar-refractivity contribution >= 4 is 28.7 Å². The average molecular weight is 461 g/mol. The lowest BCUT2D eigenvalue weighted by Gasteiger charge is -2.35. The predicted octanol–water partition coefficient (Wildman–Crippen LogP) is 2.48. The summed E-state index contributed by atoms with van der Waals surface area (Å²) < 4.78 is 22.2. The second-order valence-corrected chi connectivity index (χ2v) is 8.61. The van der Waals surface area contributed by atoms with E-state index in [1.165, 1.54) is 6.20 Å². The number of alkyl carbamates (subject to hydrolysis) is 1. The van der Waals surface area contributed by atoms with Gasteiger partial charge >= 0.3 is 12.1 Å². The second kappa shape index (κ2) is 9.78. The lowest BCUT2D eigenvalue weighted by molar-refractivity contribution is 0.0694. The van der Waals surface area contributed by atoms with Crippen molar-refractivity contribution < 1.29 is 23.8 Å². The van der Waals surface area contributed by atoms with Crippen LogP contribution in [0, 0.1) is 5.82 Å². The summed E-state index contributed by atoms with van der Waals surface area (Å²) >= 11 is 0. The van der Waals surface area contributed by atoms with Crippen LogP contribution in [0.25, 0.3) is 10.9 Å². The number of pyridine rings is 1. The number of rotatable bonds is 8. The number of nitrogens with zero attached hydrogens (tertiary/aromatic N) is 2. The number of halogens is 1. The van der Waals surface area contributed by atoms with Crippen molar-refractivity contribution in [2.45, 2.75) is 44.7 Å². The van der Waals surface area contributed by atoms with E-state index in [1.807, 2.05) is 11.8 Å². The number of amides is 1. The zero-order valence-electron chi connectivity index (χ0n) is 18.6. The predicted molar refractivity (Wildman–Crippen MR) is 122 cm³/mol. The van der Waals surface area contributed by atoms with Crippen LogP contribution in [0.2, 0.25) is 0 Å². The fraction of sp³-hybridized carbons (Fsp3) is 0.522. The van der Waals surface area contributed by atoms with Crippen LogP contribution in [0.15, 0.2) is 23.1 Å². The number of carbonyl (C=O) groups is 2. The van der Waals surface area contributed by atoms with Gasteiger partial charge in [-0.05, 0) is 31.4 Å². The summed E-state index contributed by atoms with van der Waals surface area (Å²) in [6.45, 7) is 4.30. The zero-order chi connectivity index (χ0) is 23.5. The van der Waals surface area contributed by atoms with Crippen LogP contribution in [0.1, 0.15) is 49.0 Å². The van der Waals surface area contributed by atoms with Gasteiger partial charge in [-0.1, -0.05) is 13.3 Å². The number of piperazine rings is 1. The van der Waals surface area contributed by atoms with E-state index in [1.54, 1.807) is 10.6 Å². The highest BCUT2D eigenvalue weighted by Crippen LogP contribution is 2.38. The minimum absolute atomic E-state index is 0.0711. The smallest absolute Gasteiger partial charge is 0.407 e. The van der Waals surface area contributed by atoms with Crippen LogP contribution in [0.3, 0.4) is 0 Å². The fourth-order valence-corrected chi connectivity index (χ4v) is 4.16. The molecule has 2 heterocycles. The Morgan fingerprint density at radius 1 is 1.33 bits per heavy atom. The third kappa shape index (κ3) is 5.11. The van der Waals surface area contributed by atoms with Gasteiger partial charge in [-0.25, -0.2) is 14.0 Å². The number of unbranched alkanes of at least 4 members (excludes halogenated alkanes) is 1. The molecule has 1 aromatic carbocycles. The van der Waals surface area contributed by atoms with Gasteiger partial charge in [-0.3, -0.25) is 4.79 Å². The number of aromatic nitrogens is 1. The molecule has 1 unspecified atom stereocenters. The van der Waals surface area contributed by atoms with E-state index in [-0.39, 0.29) is 29.6 Å². The first-order chi connectivity index (χ1) is 15.9. The van der Waals surface area contributed by atoms with Gasteiger partial charge in [-0.15, -0.1) is 0 Å². The highest BCUT2D eigenvalue weighted by atomic mass is 19.1. The van der Waals surface area contributed by atoms with Crippen LogP contribution in [-0.2, 0) is 4.74 Å². The maximum atomic E-state index is 15.1. The maximum absolute atomic E-state index is 15.1. The summed E-state index contributed by atoms with van der Waals surface area (Å²) in [6.07, 6.45) is 4.53. The standard InChI is InChI=1S/C23H29FN4O5/c1-2-3-6-26-23(32)33-13-14-11-27(8-7-25-14)20-10-19-16(9-18(20)24)21(29)17(22(30)31)12-28(19)15-4-5-15/h9-10,12,14-15,25H,2-8,11,13H2,1H3,(H,26,32)(H,30,31). The Bertz CT molecular complexity index is 1110. The fourth-order valence-electron chi connectivity index (χ4n) is 4.16. The van der Waals surface area contributed by atoms with Gasteiger partial charge in [0.15, 0.2) is 0 Å². The Morgan fingerprint density at radius 2 is 2.12 bits per heavy atom. The molecular formula is C23H29FN4O5. The van der Waals surface area contributed by atoms with Crippen LogP contribution in [0.4, 0.5) is 14.9 Å². The molecule has 0 spiro atoms. The lowest BCUT2D eigenvalue weighted by atomic mass is 10.1. The van der Waals surface area contributed by atoms with Gasteiger partial charge in [0.05, 0.1) is 17.2 Å². The molecule has 2 fully saturated rings. The molecular weight excluding hydrogens is 431 g/mol. The van der Waals surface area contributed by atoms with Gasteiger partial charge in [0, 0.05) is 43.8 Å². The molecule has 1 saturated carbocycles. The Balaban J connectivity index is 1.55. The monoisotopic (exact) mass is 460 g/mol. The van der Waals surface area contributed by atoms with Crippen molar-refractivity contribution in [2.75, 3.05) is 37.7 Å².